The number of pyridine rings is 1. The van der Waals surface area contributed by atoms with Crippen molar-refractivity contribution in [3.8, 4) is 5.75 Å². The normalized spacial score (nSPS) is 12.4. The van der Waals surface area contributed by atoms with Gasteiger partial charge in [0.1, 0.15) is 16.2 Å². The van der Waals surface area contributed by atoms with Gasteiger partial charge in [-0.25, -0.2) is 4.79 Å². The number of aryl methyl sites for hydroxylation is 1. The van der Waals surface area contributed by atoms with Crippen LogP contribution in [0, 0.1) is 6.92 Å². The molecule has 10 heteroatoms. The first-order valence-electron chi connectivity index (χ1n) is 8.49. The zero-order valence-electron chi connectivity index (χ0n) is 15.2. The van der Waals surface area contributed by atoms with Crippen LogP contribution in [-0.4, -0.2) is 13.4 Å². The van der Waals surface area contributed by atoms with Crippen LogP contribution in [0.3, 0.4) is 0 Å². The molecule has 4 rings (SSSR count). The fourth-order valence-corrected chi connectivity index (χ4v) is 4.14. The number of alkyl halides is 3. The fourth-order valence-electron chi connectivity index (χ4n) is 3.05. The third-order valence-electron chi connectivity index (χ3n) is 4.31. The summed E-state index contributed by atoms with van der Waals surface area (Å²) in [5.41, 5.74) is -1.83. The van der Waals surface area contributed by atoms with E-state index in [1.165, 1.54) is 18.3 Å². The molecular weight excluding hydrogens is 423 g/mol. The molecule has 4 aromatic rings. The third-order valence-corrected chi connectivity index (χ3v) is 5.59. The largest absolute Gasteiger partial charge is 0.423 e. The molecule has 0 aliphatic carbocycles. The van der Waals surface area contributed by atoms with Crippen molar-refractivity contribution < 1.29 is 30.2 Å². The first-order chi connectivity index (χ1) is 14.0. The molecule has 6 nitrogen and oxygen atoms in total. The number of benzene rings is 2. The molecule has 0 radical (unpaired) electrons. The Morgan fingerprint density at radius 1 is 1.07 bits per heavy atom. The van der Waals surface area contributed by atoms with Crippen LogP contribution < -0.4 is 9.81 Å². The smallest absolute Gasteiger partial charge is 0.417 e. The standard InChI is InChI=1S/C20H12F3NO5S/c1-11-7-12-3-2-4-17(19(12)24-10-11)30(26,27)29-13-5-6-14-15(20(21,22)23)9-18(25)28-16(14)8-13/h2-10H,1H3. The van der Waals surface area contributed by atoms with E-state index in [2.05, 4.69) is 4.98 Å². The molecule has 30 heavy (non-hydrogen) atoms. The number of aromatic nitrogens is 1. The van der Waals surface area contributed by atoms with Crippen molar-refractivity contribution in [2.24, 2.45) is 0 Å². The minimum Gasteiger partial charge on any atom is -0.423 e. The van der Waals surface area contributed by atoms with Gasteiger partial charge >= 0.3 is 21.9 Å². The Kier molecular flexibility index (Phi) is 4.53. The number of rotatable bonds is 3. The van der Waals surface area contributed by atoms with Gasteiger partial charge in [0.2, 0.25) is 0 Å². The Morgan fingerprint density at radius 2 is 1.83 bits per heavy atom. The maximum atomic E-state index is 13.2. The maximum absolute atomic E-state index is 13.2. The third kappa shape index (κ3) is 3.61. The van der Waals surface area contributed by atoms with Gasteiger partial charge in [-0.3, -0.25) is 4.98 Å². The predicted octanol–water partition coefficient (Wildman–Crippen LogP) is 4.44. The van der Waals surface area contributed by atoms with E-state index in [4.69, 9.17) is 8.60 Å². The molecule has 0 saturated heterocycles. The number of fused-ring (bicyclic) bond motifs is 2. The Bertz CT molecular complexity index is 1460. The summed E-state index contributed by atoms with van der Waals surface area (Å²) in [6.45, 7) is 1.81. The molecule has 0 spiro atoms. The van der Waals surface area contributed by atoms with Crippen LogP contribution in [0.5, 0.6) is 5.75 Å². The van der Waals surface area contributed by atoms with E-state index in [9.17, 15) is 26.4 Å². The van der Waals surface area contributed by atoms with Crippen molar-refractivity contribution in [1.82, 2.24) is 4.98 Å². The van der Waals surface area contributed by atoms with E-state index < -0.39 is 38.5 Å². The summed E-state index contributed by atoms with van der Waals surface area (Å²) in [6.07, 6.45) is -3.28. The van der Waals surface area contributed by atoms with Gasteiger partial charge < -0.3 is 8.60 Å². The van der Waals surface area contributed by atoms with Crippen LogP contribution in [0.4, 0.5) is 13.2 Å². The quantitative estimate of drug-likeness (QED) is 0.349. The lowest BCUT2D eigenvalue weighted by Gasteiger charge is -2.11. The molecule has 2 aromatic carbocycles. The van der Waals surface area contributed by atoms with Gasteiger partial charge in [-0.2, -0.15) is 21.6 Å². The molecule has 0 bridgehead atoms. The molecular formula is C20H12F3NO5S. The van der Waals surface area contributed by atoms with Crippen LogP contribution in [0.2, 0.25) is 0 Å². The summed E-state index contributed by atoms with van der Waals surface area (Å²) >= 11 is 0. The van der Waals surface area contributed by atoms with Gasteiger partial charge in [-0.15, -0.1) is 0 Å². The number of hydrogen-bond acceptors (Lipinski definition) is 6. The average Bonchev–Trinajstić information content (AvgIpc) is 2.65. The molecule has 0 unspecified atom stereocenters. The highest BCUT2D eigenvalue weighted by molar-refractivity contribution is 7.87. The van der Waals surface area contributed by atoms with E-state index in [0.29, 0.717) is 11.5 Å². The molecule has 0 aliphatic rings. The van der Waals surface area contributed by atoms with Gasteiger partial charge in [0.05, 0.1) is 11.1 Å². The van der Waals surface area contributed by atoms with Crippen molar-refractivity contribution in [2.45, 2.75) is 18.0 Å². The molecule has 0 N–H and O–H groups in total. The van der Waals surface area contributed by atoms with Gasteiger partial charge in [-0.05, 0) is 36.8 Å². The molecule has 154 valence electrons. The van der Waals surface area contributed by atoms with Crippen molar-refractivity contribution in [2.75, 3.05) is 0 Å². The van der Waals surface area contributed by atoms with Crippen molar-refractivity contribution in [1.29, 1.82) is 0 Å². The first kappa shape index (κ1) is 19.9. The van der Waals surface area contributed by atoms with Crippen LogP contribution in [0.1, 0.15) is 11.1 Å². The lowest BCUT2D eigenvalue weighted by molar-refractivity contribution is -0.136. The predicted molar refractivity (Wildman–Crippen MR) is 102 cm³/mol. The van der Waals surface area contributed by atoms with Gasteiger partial charge in [0.15, 0.2) is 0 Å². The van der Waals surface area contributed by atoms with Crippen molar-refractivity contribution in [3.05, 3.63) is 76.3 Å². The van der Waals surface area contributed by atoms with E-state index in [1.807, 2.05) is 6.92 Å². The number of para-hydroxylation sites is 1. The van der Waals surface area contributed by atoms with E-state index in [-0.39, 0.29) is 16.2 Å². The van der Waals surface area contributed by atoms with Crippen LogP contribution in [0.25, 0.3) is 21.9 Å². The summed E-state index contributed by atoms with van der Waals surface area (Å²) in [5.74, 6) is -0.311. The molecule has 0 fully saturated rings. The summed E-state index contributed by atoms with van der Waals surface area (Å²) in [7, 11) is -4.37. The molecule has 0 atom stereocenters. The van der Waals surface area contributed by atoms with Crippen molar-refractivity contribution >= 4 is 32.0 Å². The van der Waals surface area contributed by atoms with Crippen LogP contribution >= 0.6 is 0 Å². The number of halogens is 3. The Labute approximate surface area is 167 Å². The number of hydrogen-bond donors (Lipinski definition) is 0. The highest BCUT2D eigenvalue weighted by atomic mass is 32.2. The molecule has 2 heterocycles. The Hall–Kier alpha value is -3.40. The minimum absolute atomic E-state index is 0.190. The van der Waals surface area contributed by atoms with E-state index in [1.54, 1.807) is 12.1 Å². The zero-order valence-corrected chi connectivity index (χ0v) is 16.0. The van der Waals surface area contributed by atoms with Gasteiger partial charge in [0.25, 0.3) is 0 Å². The van der Waals surface area contributed by atoms with Gasteiger partial charge in [-0.1, -0.05) is 12.1 Å². The van der Waals surface area contributed by atoms with Crippen molar-refractivity contribution in [3.63, 3.8) is 0 Å². The lowest BCUT2D eigenvalue weighted by Crippen LogP contribution is -2.12. The minimum atomic E-state index is -4.78. The van der Waals surface area contributed by atoms with Crippen LogP contribution in [0.15, 0.2) is 68.8 Å². The van der Waals surface area contributed by atoms with Gasteiger partial charge in [0, 0.05) is 29.1 Å². The van der Waals surface area contributed by atoms with E-state index >= 15 is 0 Å². The highest BCUT2D eigenvalue weighted by Crippen LogP contribution is 2.35. The summed E-state index contributed by atoms with van der Waals surface area (Å²) < 4.78 is 74.9. The number of nitrogens with zero attached hydrogens (tertiary/aromatic N) is 1. The molecule has 2 aromatic heterocycles. The second-order valence-electron chi connectivity index (χ2n) is 6.51. The van der Waals surface area contributed by atoms with E-state index in [0.717, 1.165) is 23.8 Å². The zero-order chi connectivity index (χ0) is 21.7. The lowest BCUT2D eigenvalue weighted by atomic mass is 10.1. The fraction of sp³-hybridized carbons (Fsp3) is 0.100. The molecule has 0 saturated carbocycles. The first-order valence-corrected chi connectivity index (χ1v) is 9.90. The second kappa shape index (κ2) is 6.84. The maximum Gasteiger partial charge on any atom is 0.417 e. The average molecular weight is 435 g/mol. The summed E-state index contributed by atoms with van der Waals surface area (Å²) in [4.78, 5) is 15.5. The molecule has 0 amide bonds. The monoisotopic (exact) mass is 435 g/mol. The Morgan fingerprint density at radius 3 is 2.57 bits per heavy atom. The summed E-state index contributed by atoms with van der Waals surface area (Å²) in [5, 5.41) is 0.188. The highest BCUT2D eigenvalue weighted by Gasteiger charge is 2.34. The SMILES string of the molecule is Cc1cnc2c(S(=O)(=O)Oc3ccc4c(C(F)(F)F)cc(=O)oc4c3)cccc2c1. The summed E-state index contributed by atoms with van der Waals surface area (Å²) in [6, 6.07) is 9.57. The van der Waals surface area contributed by atoms with Crippen LogP contribution in [-0.2, 0) is 16.3 Å². The molecule has 0 aliphatic heterocycles. The Balaban J connectivity index is 1.80. The topological polar surface area (TPSA) is 86.5 Å². The second-order valence-corrected chi connectivity index (χ2v) is 8.03.